The highest BCUT2D eigenvalue weighted by Crippen LogP contribution is 2.20. The van der Waals surface area contributed by atoms with Crippen LogP contribution in [0.1, 0.15) is 22.3 Å². The van der Waals surface area contributed by atoms with Gasteiger partial charge in [-0.15, -0.1) is 0 Å². The number of ether oxygens (including phenoxy) is 1. The summed E-state index contributed by atoms with van der Waals surface area (Å²) >= 11 is 1.44. The molecule has 0 unspecified atom stereocenters. The molecule has 0 aliphatic rings. The predicted octanol–water partition coefficient (Wildman–Crippen LogP) is 3.38. The number of aromatic nitrogens is 1. The molecular formula is C21H23N3O3S. The SMILES string of the molecule is COC(=O)CCn1c(=NC(=O)c2ccc(N(C)C)cc2)sc2cc(C)ccc21. The van der Waals surface area contributed by atoms with E-state index >= 15 is 0 Å². The smallest absolute Gasteiger partial charge is 0.307 e. The summed E-state index contributed by atoms with van der Waals surface area (Å²) in [5, 5.41) is 0. The number of nitrogens with zero attached hydrogens (tertiary/aromatic N) is 3. The Kier molecular flexibility index (Phi) is 5.94. The Bertz CT molecular complexity index is 1080. The number of amides is 1. The van der Waals surface area contributed by atoms with Crippen molar-refractivity contribution in [1.82, 2.24) is 4.57 Å². The standard InChI is InChI=1S/C21H23N3O3S/c1-14-5-10-17-18(13-14)28-21(24(17)12-11-19(25)27-4)22-20(26)15-6-8-16(9-7-15)23(2)3/h5-10,13H,11-12H2,1-4H3. The molecule has 3 aromatic rings. The second-order valence-corrected chi connectivity index (χ2v) is 7.70. The number of aryl methyl sites for hydroxylation is 2. The average molecular weight is 398 g/mol. The van der Waals surface area contributed by atoms with Gasteiger partial charge in [0.15, 0.2) is 4.80 Å². The summed E-state index contributed by atoms with van der Waals surface area (Å²) in [4.78, 5) is 31.2. The summed E-state index contributed by atoms with van der Waals surface area (Å²) in [6.07, 6.45) is 0.217. The minimum Gasteiger partial charge on any atom is -0.469 e. The summed E-state index contributed by atoms with van der Waals surface area (Å²) < 4.78 is 7.68. The van der Waals surface area contributed by atoms with Crippen molar-refractivity contribution in [2.75, 3.05) is 26.1 Å². The summed E-state index contributed by atoms with van der Waals surface area (Å²) in [6, 6.07) is 13.4. The molecule has 1 heterocycles. The first-order chi connectivity index (χ1) is 13.4. The van der Waals surface area contributed by atoms with Gasteiger partial charge in [0, 0.05) is 31.9 Å². The van der Waals surface area contributed by atoms with Crippen LogP contribution in [0.25, 0.3) is 10.2 Å². The van der Waals surface area contributed by atoms with E-state index in [1.54, 1.807) is 12.1 Å². The molecule has 1 aromatic heterocycles. The van der Waals surface area contributed by atoms with Crippen LogP contribution in [0.4, 0.5) is 5.69 Å². The second kappa shape index (κ2) is 8.39. The Morgan fingerprint density at radius 2 is 1.86 bits per heavy atom. The molecule has 146 valence electrons. The van der Waals surface area contributed by atoms with Crippen LogP contribution >= 0.6 is 11.3 Å². The minimum absolute atomic E-state index is 0.217. The number of hydrogen-bond acceptors (Lipinski definition) is 5. The first kappa shape index (κ1) is 19.8. The molecule has 0 spiro atoms. The molecule has 0 fully saturated rings. The van der Waals surface area contributed by atoms with Gasteiger partial charge in [-0.1, -0.05) is 17.4 Å². The van der Waals surface area contributed by atoms with Crippen LogP contribution in [0, 0.1) is 6.92 Å². The first-order valence-corrected chi connectivity index (χ1v) is 9.74. The van der Waals surface area contributed by atoms with Crippen molar-refractivity contribution in [2.45, 2.75) is 19.9 Å². The zero-order valence-electron chi connectivity index (χ0n) is 16.4. The molecule has 0 N–H and O–H groups in total. The van der Waals surface area contributed by atoms with Crippen LogP contribution < -0.4 is 9.70 Å². The molecule has 0 aliphatic carbocycles. The highest BCUT2D eigenvalue weighted by molar-refractivity contribution is 7.16. The number of esters is 1. The number of thiazole rings is 1. The molecule has 0 atom stereocenters. The molecule has 28 heavy (non-hydrogen) atoms. The van der Waals surface area contributed by atoms with Crippen molar-refractivity contribution < 1.29 is 14.3 Å². The fourth-order valence-corrected chi connectivity index (χ4v) is 3.99. The fraction of sp³-hybridized carbons (Fsp3) is 0.286. The van der Waals surface area contributed by atoms with Gasteiger partial charge in [-0.2, -0.15) is 4.99 Å². The van der Waals surface area contributed by atoms with E-state index in [9.17, 15) is 9.59 Å². The maximum absolute atomic E-state index is 12.7. The Balaban J connectivity index is 2.02. The van der Waals surface area contributed by atoms with Gasteiger partial charge in [0.1, 0.15) is 0 Å². The van der Waals surface area contributed by atoms with Crippen molar-refractivity contribution in [1.29, 1.82) is 0 Å². The lowest BCUT2D eigenvalue weighted by Gasteiger charge is -2.11. The first-order valence-electron chi connectivity index (χ1n) is 8.92. The highest BCUT2D eigenvalue weighted by Gasteiger charge is 2.11. The Morgan fingerprint density at radius 3 is 2.50 bits per heavy atom. The van der Waals surface area contributed by atoms with E-state index in [-0.39, 0.29) is 18.3 Å². The van der Waals surface area contributed by atoms with Crippen LogP contribution in [0.2, 0.25) is 0 Å². The van der Waals surface area contributed by atoms with Crippen LogP contribution in [-0.4, -0.2) is 37.6 Å². The Labute approximate surface area is 167 Å². The maximum atomic E-state index is 12.7. The zero-order chi connectivity index (χ0) is 20.3. The van der Waals surface area contributed by atoms with E-state index in [4.69, 9.17) is 4.74 Å². The van der Waals surface area contributed by atoms with Gasteiger partial charge in [0.25, 0.3) is 5.91 Å². The van der Waals surface area contributed by atoms with E-state index in [2.05, 4.69) is 11.1 Å². The lowest BCUT2D eigenvalue weighted by molar-refractivity contribution is -0.140. The number of fused-ring (bicyclic) bond motifs is 1. The van der Waals surface area contributed by atoms with E-state index in [1.807, 2.05) is 54.8 Å². The van der Waals surface area contributed by atoms with Crippen molar-refractivity contribution >= 4 is 39.1 Å². The van der Waals surface area contributed by atoms with Gasteiger partial charge in [-0.05, 0) is 48.9 Å². The summed E-state index contributed by atoms with van der Waals surface area (Å²) in [6.45, 7) is 2.42. The highest BCUT2D eigenvalue weighted by atomic mass is 32.1. The molecule has 2 aromatic carbocycles. The molecule has 0 saturated carbocycles. The molecule has 3 rings (SSSR count). The summed E-state index contributed by atoms with van der Waals surface area (Å²) in [5.74, 6) is -0.601. The van der Waals surface area contributed by atoms with Crippen molar-refractivity contribution in [3.8, 4) is 0 Å². The number of carbonyl (C=O) groups excluding carboxylic acids is 2. The van der Waals surface area contributed by atoms with Crippen LogP contribution in [0.5, 0.6) is 0 Å². The normalized spacial score (nSPS) is 11.6. The largest absolute Gasteiger partial charge is 0.469 e. The number of hydrogen-bond donors (Lipinski definition) is 0. The van der Waals surface area contributed by atoms with Gasteiger partial charge >= 0.3 is 5.97 Å². The molecule has 1 amide bonds. The van der Waals surface area contributed by atoms with Crippen molar-refractivity contribution in [2.24, 2.45) is 4.99 Å². The van der Waals surface area contributed by atoms with E-state index in [0.717, 1.165) is 21.5 Å². The zero-order valence-corrected chi connectivity index (χ0v) is 17.2. The predicted molar refractivity (Wildman–Crippen MR) is 112 cm³/mol. The third-order valence-corrected chi connectivity index (χ3v) is 5.47. The molecule has 0 saturated heterocycles. The monoisotopic (exact) mass is 397 g/mol. The average Bonchev–Trinajstić information content (AvgIpc) is 3.01. The van der Waals surface area contributed by atoms with Gasteiger partial charge in [0.05, 0.1) is 23.7 Å². The van der Waals surface area contributed by atoms with E-state index in [1.165, 1.54) is 18.4 Å². The van der Waals surface area contributed by atoms with Gasteiger partial charge in [0.2, 0.25) is 0 Å². The summed E-state index contributed by atoms with van der Waals surface area (Å²) in [5.41, 5.74) is 3.63. The van der Waals surface area contributed by atoms with Gasteiger partial charge in [-0.3, -0.25) is 9.59 Å². The van der Waals surface area contributed by atoms with Gasteiger partial charge in [-0.25, -0.2) is 0 Å². The lowest BCUT2D eigenvalue weighted by atomic mass is 10.2. The quantitative estimate of drug-likeness (QED) is 0.619. The van der Waals surface area contributed by atoms with E-state index < -0.39 is 0 Å². The number of methoxy groups -OCH3 is 1. The molecule has 6 nitrogen and oxygen atoms in total. The second-order valence-electron chi connectivity index (χ2n) is 6.69. The Morgan fingerprint density at radius 1 is 1.14 bits per heavy atom. The number of carbonyl (C=O) groups is 2. The third-order valence-electron chi connectivity index (χ3n) is 4.43. The number of benzene rings is 2. The van der Waals surface area contributed by atoms with E-state index in [0.29, 0.717) is 16.9 Å². The Hall–Kier alpha value is -2.93. The van der Waals surface area contributed by atoms with Crippen molar-refractivity contribution in [3.63, 3.8) is 0 Å². The third kappa shape index (κ3) is 4.31. The molecule has 7 heteroatoms. The molecule has 0 radical (unpaired) electrons. The molecule has 0 aliphatic heterocycles. The minimum atomic E-state index is -0.305. The van der Waals surface area contributed by atoms with Crippen molar-refractivity contribution in [3.05, 3.63) is 58.4 Å². The summed E-state index contributed by atoms with van der Waals surface area (Å²) in [7, 11) is 5.27. The number of anilines is 1. The fourth-order valence-electron chi connectivity index (χ4n) is 2.84. The molecule has 0 bridgehead atoms. The van der Waals surface area contributed by atoms with Gasteiger partial charge < -0.3 is 14.2 Å². The van der Waals surface area contributed by atoms with Crippen LogP contribution in [0.3, 0.4) is 0 Å². The maximum Gasteiger partial charge on any atom is 0.307 e. The van der Waals surface area contributed by atoms with Crippen LogP contribution in [-0.2, 0) is 16.1 Å². The van der Waals surface area contributed by atoms with Crippen LogP contribution in [0.15, 0.2) is 47.5 Å². The lowest BCUT2D eigenvalue weighted by Crippen LogP contribution is -2.19. The number of rotatable bonds is 5. The molecular weight excluding hydrogens is 374 g/mol. The topological polar surface area (TPSA) is 63.9 Å².